The van der Waals surface area contributed by atoms with E-state index in [1.54, 1.807) is 6.92 Å². The zero-order valence-electron chi connectivity index (χ0n) is 10.8. The highest BCUT2D eigenvalue weighted by molar-refractivity contribution is 7.99. The van der Waals surface area contributed by atoms with Crippen LogP contribution in [0.4, 0.5) is 0 Å². The molecule has 2 rings (SSSR count). The molecular formula is C14H17Cl2NOS. The van der Waals surface area contributed by atoms with Gasteiger partial charge in [0.2, 0.25) is 5.91 Å². The Morgan fingerprint density at radius 2 is 2.16 bits per heavy atom. The lowest BCUT2D eigenvalue weighted by Gasteiger charge is -2.21. The molecule has 104 valence electrons. The zero-order chi connectivity index (χ0) is 13.8. The summed E-state index contributed by atoms with van der Waals surface area (Å²) in [6.07, 6.45) is 0.920. The molecule has 2 nitrogen and oxygen atoms in total. The number of carbonyl (C=O) groups is 1. The van der Waals surface area contributed by atoms with Crippen molar-refractivity contribution >= 4 is 40.9 Å². The summed E-state index contributed by atoms with van der Waals surface area (Å²) in [5.41, 5.74) is 1.17. The van der Waals surface area contributed by atoms with Gasteiger partial charge in [0.1, 0.15) is 5.38 Å². The van der Waals surface area contributed by atoms with Crippen molar-refractivity contribution in [3.8, 4) is 0 Å². The standard InChI is InChI=1S/C14H17Cl2NOS/c1-10(15)14(18)17-7-6-13(19-9-8-17)11-4-2-3-5-12(11)16/h2-5,10,13H,6-9H2,1H3. The molecule has 0 saturated carbocycles. The van der Waals surface area contributed by atoms with Gasteiger partial charge in [0.05, 0.1) is 0 Å². The Bertz CT molecular complexity index is 453. The van der Waals surface area contributed by atoms with E-state index < -0.39 is 5.38 Å². The highest BCUT2D eigenvalue weighted by Gasteiger charge is 2.24. The Balaban J connectivity index is 2.05. The molecule has 1 aliphatic rings. The second-order valence-corrected chi connectivity index (χ2v) is 6.98. The maximum Gasteiger partial charge on any atom is 0.240 e. The van der Waals surface area contributed by atoms with Crippen molar-refractivity contribution in [1.29, 1.82) is 0 Å². The molecule has 2 unspecified atom stereocenters. The van der Waals surface area contributed by atoms with Crippen molar-refractivity contribution < 1.29 is 4.79 Å². The molecule has 0 radical (unpaired) electrons. The van der Waals surface area contributed by atoms with Crippen LogP contribution < -0.4 is 0 Å². The summed E-state index contributed by atoms with van der Waals surface area (Å²) in [6, 6.07) is 7.95. The van der Waals surface area contributed by atoms with E-state index in [9.17, 15) is 4.79 Å². The van der Waals surface area contributed by atoms with Gasteiger partial charge < -0.3 is 4.90 Å². The van der Waals surface area contributed by atoms with Crippen LogP contribution >= 0.6 is 35.0 Å². The Labute approximate surface area is 128 Å². The van der Waals surface area contributed by atoms with Crippen molar-refractivity contribution in [2.75, 3.05) is 18.8 Å². The van der Waals surface area contributed by atoms with Gasteiger partial charge in [-0.15, -0.1) is 11.6 Å². The summed E-state index contributed by atoms with van der Waals surface area (Å²) >= 11 is 14.0. The van der Waals surface area contributed by atoms with Crippen molar-refractivity contribution in [2.24, 2.45) is 0 Å². The number of benzene rings is 1. The van der Waals surface area contributed by atoms with Gasteiger partial charge in [-0.05, 0) is 25.0 Å². The van der Waals surface area contributed by atoms with Crippen LogP contribution in [0.5, 0.6) is 0 Å². The van der Waals surface area contributed by atoms with E-state index in [1.165, 1.54) is 5.56 Å². The molecule has 0 spiro atoms. The topological polar surface area (TPSA) is 20.3 Å². The van der Waals surface area contributed by atoms with Crippen LogP contribution in [0.1, 0.15) is 24.2 Å². The lowest BCUT2D eigenvalue weighted by molar-refractivity contribution is -0.130. The summed E-state index contributed by atoms with van der Waals surface area (Å²) < 4.78 is 0. The fourth-order valence-electron chi connectivity index (χ4n) is 2.23. The number of hydrogen-bond donors (Lipinski definition) is 0. The van der Waals surface area contributed by atoms with E-state index in [0.29, 0.717) is 5.25 Å². The van der Waals surface area contributed by atoms with Gasteiger partial charge in [0, 0.05) is 29.1 Å². The first-order valence-electron chi connectivity index (χ1n) is 6.38. The monoisotopic (exact) mass is 317 g/mol. The third-order valence-electron chi connectivity index (χ3n) is 3.25. The number of rotatable bonds is 2. The summed E-state index contributed by atoms with van der Waals surface area (Å²) in [7, 11) is 0. The SMILES string of the molecule is CC(Cl)C(=O)N1CCSC(c2ccccc2Cl)CC1. The van der Waals surface area contributed by atoms with Crippen LogP contribution in [-0.2, 0) is 4.79 Å². The number of halogens is 2. The molecule has 1 amide bonds. The van der Waals surface area contributed by atoms with Crippen molar-refractivity contribution in [2.45, 2.75) is 24.0 Å². The number of hydrogen-bond acceptors (Lipinski definition) is 2. The summed E-state index contributed by atoms with van der Waals surface area (Å²) in [5.74, 6) is 0.952. The van der Waals surface area contributed by atoms with Gasteiger partial charge in [-0.3, -0.25) is 4.79 Å². The van der Waals surface area contributed by atoms with Crippen LogP contribution in [0, 0.1) is 0 Å². The quantitative estimate of drug-likeness (QED) is 0.769. The van der Waals surface area contributed by atoms with E-state index in [4.69, 9.17) is 23.2 Å². The van der Waals surface area contributed by atoms with Gasteiger partial charge >= 0.3 is 0 Å². The van der Waals surface area contributed by atoms with Crippen LogP contribution in [0.3, 0.4) is 0 Å². The average Bonchev–Trinajstić information content (AvgIpc) is 2.64. The van der Waals surface area contributed by atoms with Crippen molar-refractivity contribution in [1.82, 2.24) is 4.90 Å². The molecule has 0 aromatic heterocycles. The number of alkyl halides is 1. The summed E-state index contributed by atoms with van der Waals surface area (Å²) in [5, 5.41) is 0.726. The number of carbonyl (C=O) groups excluding carboxylic acids is 1. The lowest BCUT2D eigenvalue weighted by Crippen LogP contribution is -2.37. The largest absolute Gasteiger partial charge is 0.341 e. The molecule has 1 aliphatic heterocycles. The Kier molecular flexibility index (Phi) is 5.43. The molecule has 0 bridgehead atoms. The molecule has 19 heavy (non-hydrogen) atoms. The molecule has 1 fully saturated rings. The average molecular weight is 318 g/mol. The Hall–Kier alpha value is -0.380. The van der Waals surface area contributed by atoms with E-state index >= 15 is 0 Å². The van der Waals surface area contributed by atoms with Crippen LogP contribution in [0.2, 0.25) is 5.02 Å². The van der Waals surface area contributed by atoms with Gasteiger partial charge in [-0.25, -0.2) is 0 Å². The molecule has 1 aromatic rings. The van der Waals surface area contributed by atoms with E-state index in [-0.39, 0.29) is 5.91 Å². The minimum Gasteiger partial charge on any atom is -0.341 e. The predicted octanol–water partition coefficient (Wildman–Crippen LogP) is 3.97. The molecule has 1 heterocycles. The van der Waals surface area contributed by atoms with E-state index in [2.05, 4.69) is 6.07 Å². The highest BCUT2D eigenvalue weighted by Crippen LogP contribution is 2.37. The normalized spacial score (nSPS) is 21.8. The van der Waals surface area contributed by atoms with Gasteiger partial charge in [0.25, 0.3) is 0 Å². The number of amides is 1. The Morgan fingerprint density at radius 1 is 1.42 bits per heavy atom. The predicted molar refractivity (Wildman–Crippen MR) is 83.2 cm³/mol. The summed E-state index contributed by atoms with van der Waals surface area (Å²) in [6.45, 7) is 3.24. The fourth-order valence-corrected chi connectivity index (χ4v) is 3.96. The highest BCUT2D eigenvalue weighted by atomic mass is 35.5. The molecule has 1 aromatic carbocycles. The zero-order valence-corrected chi connectivity index (χ0v) is 13.1. The Morgan fingerprint density at radius 3 is 2.84 bits per heavy atom. The minimum atomic E-state index is -0.443. The maximum absolute atomic E-state index is 11.9. The first-order chi connectivity index (χ1) is 9.09. The van der Waals surface area contributed by atoms with E-state index in [0.717, 1.165) is 30.3 Å². The van der Waals surface area contributed by atoms with Crippen molar-refractivity contribution in [3.63, 3.8) is 0 Å². The molecule has 1 saturated heterocycles. The van der Waals surface area contributed by atoms with Crippen LogP contribution in [0.25, 0.3) is 0 Å². The van der Waals surface area contributed by atoms with Crippen LogP contribution in [-0.4, -0.2) is 35.0 Å². The first-order valence-corrected chi connectivity index (χ1v) is 8.25. The molecular weight excluding hydrogens is 301 g/mol. The van der Waals surface area contributed by atoms with Gasteiger partial charge in [-0.1, -0.05) is 29.8 Å². The molecule has 5 heteroatoms. The van der Waals surface area contributed by atoms with E-state index in [1.807, 2.05) is 34.9 Å². The van der Waals surface area contributed by atoms with Crippen molar-refractivity contribution in [3.05, 3.63) is 34.9 Å². The van der Waals surface area contributed by atoms with Gasteiger partial charge in [0.15, 0.2) is 0 Å². The molecule has 2 atom stereocenters. The minimum absolute atomic E-state index is 0.0297. The first kappa shape index (κ1) is 15.0. The summed E-state index contributed by atoms with van der Waals surface area (Å²) in [4.78, 5) is 13.8. The second-order valence-electron chi connectivity index (χ2n) is 4.61. The molecule has 0 N–H and O–H groups in total. The van der Waals surface area contributed by atoms with Crippen LogP contribution in [0.15, 0.2) is 24.3 Å². The lowest BCUT2D eigenvalue weighted by atomic mass is 10.1. The second kappa shape index (κ2) is 6.87. The van der Waals surface area contributed by atoms with Gasteiger partial charge in [-0.2, -0.15) is 11.8 Å². The maximum atomic E-state index is 11.9. The fraction of sp³-hybridized carbons (Fsp3) is 0.500. The smallest absolute Gasteiger partial charge is 0.240 e. The molecule has 0 aliphatic carbocycles. The third-order valence-corrected chi connectivity index (χ3v) is 5.09. The number of nitrogens with zero attached hydrogens (tertiary/aromatic N) is 1. The third kappa shape index (κ3) is 3.80. The number of thioether (sulfide) groups is 1.